The average Bonchev–Trinajstić information content (AvgIpc) is 2.29. The SMILES string of the molecule is CCCCCC(C)(C)c1cccc(O)c1C=O. The van der Waals surface area contributed by atoms with Gasteiger partial charge in [-0.1, -0.05) is 52.2 Å². The van der Waals surface area contributed by atoms with Crippen LogP contribution in [0.25, 0.3) is 0 Å². The first-order valence-corrected chi connectivity index (χ1v) is 6.30. The van der Waals surface area contributed by atoms with E-state index in [-0.39, 0.29) is 11.2 Å². The van der Waals surface area contributed by atoms with E-state index in [9.17, 15) is 9.90 Å². The van der Waals surface area contributed by atoms with Crippen LogP contribution in [0.5, 0.6) is 5.75 Å². The Balaban J connectivity index is 2.97. The van der Waals surface area contributed by atoms with Gasteiger partial charge in [0.25, 0.3) is 0 Å². The minimum Gasteiger partial charge on any atom is -0.507 e. The maximum absolute atomic E-state index is 11.1. The van der Waals surface area contributed by atoms with Gasteiger partial charge < -0.3 is 5.11 Å². The molecule has 0 saturated carbocycles. The Morgan fingerprint density at radius 1 is 1.29 bits per heavy atom. The molecule has 1 aromatic rings. The molecular weight excluding hydrogens is 212 g/mol. The van der Waals surface area contributed by atoms with Crippen LogP contribution < -0.4 is 0 Å². The molecular formula is C15H22O2. The van der Waals surface area contributed by atoms with E-state index >= 15 is 0 Å². The highest BCUT2D eigenvalue weighted by Crippen LogP contribution is 2.34. The molecule has 17 heavy (non-hydrogen) atoms. The Labute approximate surface area is 104 Å². The molecule has 0 aromatic heterocycles. The lowest BCUT2D eigenvalue weighted by Crippen LogP contribution is -2.19. The number of carbonyl (C=O) groups is 1. The number of unbranched alkanes of at least 4 members (excludes halogenated alkanes) is 2. The first-order chi connectivity index (χ1) is 8.03. The van der Waals surface area contributed by atoms with Crippen LogP contribution in [-0.2, 0) is 5.41 Å². The highest BCUT2D eigenvalue weighted by atomic mass is 16.3. The van der Waals surface area contributed by atoms with Crippen molar-refractivity contribution in [2.24, 2.45) is 0 Å². The van der Waals surface area contributed by atoms with E-state index in [0.29, 0.717) is 5.56 Å². The Morgan fingerprint density at radius 3 is 2.59 bits per heavy atom. The van der Waals surface area contributed by atoms with Gasteiger partial charge in [-0.05, 0) is 23.5 Å². The predicted octanol–water partition coefficient (Wildman–Crippen LogP) is 4.06. The summed E-state index contributed by atoms with van der Waals surface area (Å²) in [6.45, 7) is 6.44. The number of benzene rings is 1. The molecule has 0 aliphatic heterocycles. The first-order valence-electron chi connectivity index (χ1n) is 6.30. The number of hydrogen-bond acceptors (Lipinski definition) is 2. The van der Waals surface area contributed by atoms with Crippen molar-refractivity contribution >= 4 is 6.29 Å². The van der Waals surface area contributed by atoms with Gasteiger partial charge in [0.05, 0.1) is 5.56 Å². The number of hydrogen-bond donors (Lipinski definition) is 1. The van der Waals surface area contributed by atoms with Crippen LogP contribution in [0.4, 0.5) is 0 Å². The lowest BCUT2D eigenvalue weighted by molar-refractivity contribution is 0.111. The molecule has 2 heteroatoms. The lowest BCUT2D eigenvalue weighted by Gasteiger charge is -2.27. The maximum atomic E-state index is 11.1. The Kier molecular flexibility index (Phi) is 4.73. The number of phenols is 1. The van der Waals surface area contributed by atoms with Crippen LogP contribution in [0.15, 0.2) is 18.2 Å². The third-order valence-corrected chi connectivity index (χ3v) is 3.34. The summed E-state index contributed by atoms with van der Waals surface area (Å²) in [5, 5.41) is 9.70. The van der Waals surface area contributed by atoms with Crippen LogP contribution in [0.2, 0.25) is 0 Å². The summed E-state index contributed by atoms with van der Waals surface area (Å²) < 4.78 is 0. The van der Waals surface area contributed by atoms with Gasteiger partial charge in [-0.15, -0.1) is 0 Å². The molecule has 0 heterocycles. The van der Waals surface area contributed by atoms with Gasteiger partial charge in [-0.25, -0.2) is 0 Å². The number of rotatable bonds is 6. The topological polar surface area (TPSA) is 37.3 Å². The van der Waals surface area contributed by atoms with Gasteiger partial charge >= 0.3 is 0 Å². The van der Waals surface area contributed by atoms with Gasteiger partial charge in [0, 0.05) is 0 Å². The lowest BCUT2D eigenvalue weighted by atomic mass is 9.78. The van der Waals surface area contributed by atoms with Crippen LogP contribution in [-0.4, -0.2) is 11.4 Å². The highest BCUT2D eigenvalue weighted by molar-refractivity contribution is 5.82. The quantitative estimate of drug-likeness (QED) is 0.595. The van der Waals surface area contributed by atoms with Crippen LogP contribution in [0.1, 0.15) is 62.4 Å². The van der Waals surface area contributed by atoms with E-state index in [0.717, 1.165) is 24.7 Å². The third-order valence-electron chi connectivity index (χ3n) is 3.34. The second-order valence-electron chi connectivity index (χ2n) is 5.20. The normalized spacial score (nSPS) is 11.5. The molecule has 0 spiro atoms. The van der Waals surface area contributed by atoms with Gasteiger partial charge in [0.1, 0.15) is 5.75 Å². The molecule has 0 bridgehead atoms. The van der Waals surface area contributed by atoms with Crippen molar-refractivity contribution in [2.45, 2.75) is 51.9 Å². The van der Waals surface area contributed by atoms with Crippen molar-refractivity contribution in [2.75, 3.05) is 0 Å². The third kappa shape index (κ3) is 3.32. The molecule has 0 unspecified atom stereocenters. The van der Waals surface area contributed by atoms with Crippen molar-refractivity contribution in [1.82, 2.24) is 0 Å². The fourth-order valence-electron chi connectivity index (χ4n) is 2.22. The standard InChI is InChI=1S/C15H22O2/c1-4-5-6-10-15(2,3)13-8-7-9-14(17)12(13)11-16/h7-9,11,17H,4-6,10H2,1-3H3. The van der Waals surface area contributed by atoms with E-state index in [1.807, 2.05) is 6.07 Å². The van der Waals surface area contributed by atoms with Gasteiger partial charge in [-0.2, -0.15) is 0 Å². The summed E-state index contributed by atoms with van der Waals surface area (Å²) in [6.07, 6.45) is 5.34. The fraction of sp³-hybridized carbons (Fsp3) is 0.533. The monoisotopic (exact) mass is 234 g/mol. The zero-order valence-corrected chi connectivity index (χ0v) is 11.0. The molecule has 0 amide bonds. The number of aromatic hydroxyl groups is 1. The van der Waals surface area contributed by atoms with Crippen molar-refractivity contribution in [1.29, 1.82) is 0 Å². The fourth-order valence-corrected chi connectivity index (χ4v) is 2.22. The number of aldehydes is 1. The van der Waals surface area contributed by atoms with E-state index in [1.54, 1.807) is 12.1 Å². The summed E-state index contributed by atoms with van der Waals surface area (Å²) in [5.74, 6) is 0.0843. The number of carbonyl (C=O) groups excluding carboxylic acids is 1. The summed E-state index contributed by atoms with van der Waals surface area (Å²) in [5.41, 5.74) is 1.32. The minimum absolute atomic E-state index is 0.0653. The molecule has 0 aliphatic carbocycles. The molecule has 0 fully saturated rings. The van der Waals surface area contributed by atoms with Crippen molar-refractivity contribution < 1.29 is 9.90 Å². The molecule has 94 valence electrons. The van der Waals surface area contributed by atoms with E-state index < -0.39 is 0 Å². The Hall–Kier alpha value is -1.31. The van der Waals surface area contributed by atoms with Gasteiger partial charge in [0.2, 0.25) is 0 Å². The number of phenolic OH excluding ortho intramolecular Hbond substituents is 1. The second-order valence-corrected chi connectivity index (χ2v) is 5.20. The minimum atomic E-state index is -0.0653. The smallest absolute Gasteiger partial charge is 0.154 e. The first kappa shape index (κ1) is 13.8. The molecule has 0 atom stereocenters. The summed E-state index contributed by atoms with van der Waals surface area (Å²) in [6, 6.07) is 5.31. The van der Waals surface area contributed by atoms with Crippen LogP contribution in [0.3, 0.4) is 0 Å². The summed E-state index contributed by atoms with van der Waals surface area (Å²) in [7, 11) is 0. The van der Waals surface area contributed by atoms with Gasteiger partial charge in [0.15, 0.2) is 6.29 Å². The Bertz CT molecular complexity index is 381. The van der Waals surface area contributed by atoms with Gasteiger partial charge in [-0.3, -0.25) is 4.79 Å². The molecule has 0 radical (unpaired) electrons. The molecule has 2 nitrogen and oxygen atoms in total. The zero-order valence-electron chi connectivity index (χ0n) is 11.0. The van der Waals surface area contributed by atoms with E-state index in [4.69, 9.17) is 0 Å². The van der Waals surface area contributed by atoms with Crippen LogP contribution >= 0.6 is 0 Å². The van der Waals surface area contributed by atoms with Crippen molar-refractivity contribution in [3.63, 3.8) is 0 Å². The average molecular weight is 234 g/mol. The zero-order chi connectivity index (χ0) is 12.9. The van der Waals surface area contributed by atoms with Crippen molar-refractivity contribution in [3.8, 4) is 5.75 Å². The second kappa shape index (κ2) is 5.85. The molecule has 1 rings (SSSR count). The van der Waals surface area contributed by atoms with E-state index in [2.05, 4.69) is 20.8 Å². The van der Waals surface area contributed by atoms with E-state index in [1.165, 1.54) is 12.8 Å². The van der Waals surface area contributed by atoms with Crippen LogP contribution in [0, 0.1) is 0 Å². The largest absolute Gasteiger partial charge is 0.507 e. The molecule has 1 aromatic carbocycles. The van der Waals surface area contributed by atoms with Crippen molar-refractivity contribution in [3.05, 3.63) is 29.3 Å². The summed E-state index contributed by atoms with van der Waals surface area (Å²) >= 11 is 0. The Morgan fingerprint density at radius 2 is 2.00 bits per heavy atom. The molecule has 0 saturated heterocycles. The molecule has 1 N–H and O–H groups in total. The summed E-state index contributed by atoms with van der Waals surface area (Å²) in [4.78, 5) is 11.1. The highest BCUT2D eigenvalue weighted by Gasteiger charge is 2.24. The predicted molar refractivity (Wildman–Crippen MR) is 70.7 cm³/mol. The maximum Gasteiger partial charge on any atom is 0.154 e. The molecule has 0 aliphatic rings.